The summed E-state index contributed by atoms with van der Waals surface area (Å²) in [6.07, 6.45) is 4.81. The van der Waals surface area contributed by atoms with E-state index in [4.69, 9.17) is 0 Å². The maximum atomic E-state index is 12.3. The topological polar surface area (TPSA) is 70.4 Å². The molecule has 0 bridgehead atoms. The molecule has 1 aromatic heterocycles. The minimum absolute atomic E-state index is 0.0893. The number of aromatic hydroxyl groups is 2. The molecular weight excluding hydrogens is 302 g/mol. The van der Waals surface area contributed by atoms with Gasteiger partial charge in [0, 0.05) is 17.8 Å². The Bertz CT molecular complexity index is 902. The molecule has 2 aromatic carbocycles. The quantitative estimate of drug-likeness (QED) is 0.562. The van der Waals surface area contributed by atoms with Gasteiger partial charge in [0.05, 0.1) is 11.3 Å². The van der Waals surface area contributed by atoms with Crippen molar-refractivity contribution in [1.29, 1.82) is 0 Å². The highest BCUT2D eigenvalue weighted by molar-refractivity contribution is 6.09. The second-order valence-electron chi connectivity index (χ2n) is 5.20. The maximum absolute atomic E-state index is 12.3. The number of aromatic nitrogens is 1. The van der Waals surface area contributed by atoms with Crippen LogP contribution in [0.1, 0.15) is 15.9 Å². The molecule has 0 saturated heterocycles. The van der Waals surface area contributed by atoms with E-state index in [-0.39, 0.29) is 22.8 Å². The molecule has 0 atom stereocenters. The molecule has 2 N–H and O–H groups in total. The van der Waals surface area contributed by atoms with Gasteiger partial charge in [0.2, 0.25) is 0 Å². The Hall–Kier alpha value is -3.40. The van der Waals surface area contributed by atoms with Gasteiger partial charge in [-0.25, -0.2) is 0 Å². The third-order valence-electron chi connectivity index (χ3n) is 3.56. The largest absolute Gasteiger partial charge is 0.508 e. The van der Waals surface area contributed by atoms with Crippen LogP contribution in [0.5, 0.6) is 11.5 Å². The van der Waals surface area contributed by atoms with Crippen LogP contribution in [-0.2, 0) is 0 Å². The fourth-order valence-corrected chi connectivity index (χ4v) is 2.38. The predicted molar refractivity (Wildman–Crippen MR) is 92.8 cm³/mol. The van der Waals surface area contributed by atoms with Crippen molar-refractivity contribution in [3.8, 4) is 22.8 Å². The van der Waals surface area contributed by atoms with E-state index in [0.717, 1.165) is 22.9 Å². The van der Waals surface area contributed by atoms with E-state index in [9.17, 15) is 15.0 Å². The fraction of sp³-hybridized carbons (Fsp3) is 0. The molecule has 0 aliphatic carbocycles. The zero-order valence-corrected chi connectivity index (χ0v) is 12.8. The van der Waals surface area contributed by atoms with Crippen LogP contribution >= 0.6 is 0 Å². The maximum Gasteiger partial charge on any atom is 0.189 e. The van der Waals surface area contributed by atoms with Crippen LogP contribution in [-0.4, -0.2) is 21.0 Å². The van der Waals surface area contributed by atoms with Crippen molar-refractivity contribution in [3.05, 3.63) is 84.1 Å². The van der Waals surface area contributed by atoms with Gasteiger partial charge in [0.25, 0.3) is 0 Å². The van der Waals surface area contributed by atoms with Crippen molar-refractivity contribution in [2.75, 3.05) is 0 Å². The lowest BCUT2D eigenvalue weighted by Gasteiger charge is -2.05. The average Bonchev–Trinajstić information content (AvgIpc) is 2.61. The number of hydrogen-bond donors (Lipinski definition) is 2. The standard InChI is InChI=1S/C20H15NO3/c22-15-9-10-17(20(24)13-15)19(23)11-8-14-5-1-2-6-16(14)18-7-3-4-12-21-18/h1-13,22,24H/b11-8+. The monoisotopic (exact) mass is 317 g/mol. The lowest BCUT2D eigenvalue weighted by Crippen LogP contribution is -1.95. The molecular formula is C20H15NO3. The van der Waals surface area contributed by atoms with Crippen LogP contribution < -0.4 is 0 Å². The molecule has 0 fully saturated rings. The van der Waals surface area contributed by atoms with Gasteiger partial charge < -0.3 is 10.2 Å². The number of ketones is 1. The van der Waals surface area contributed by atoms with E-state index in [1.165, 1.54) is 18.2 Å². The summed E-state index contributed by atoms with van der Waals surface area (Å²) in [4.78, 5) is 16.6. The van der Waals surface area contributed by atoms with E-state index < -0.39 is 0 Å². The normalized spacial score (nSPS) is 10.8. The third-order valence-corrected chi connectivity index (χ3v) is 3.56. The van der Waals surface area contributed by atoms with Gasteiger partial charge in [-0.1, -0.05) is 36.4 Å². The van der Waals surface area contributed by atoms with Crippen LogP contribution in [0, 0.1) is 0 Å². The molecule has 24 heavy (non-hydrogen) atoms. The number of nitrogens with zero attached hydrogens (tertiary/aromatic N) is 1. The summed E-state index contributed by atoms with van der Waals surface area (Å²) < 4.78 is 0. The SMILES string of the molecule is O=C(/C=C/c1ccccc1-c1ccccn1)c1ccc(O)cc1O. The van der Waals surface area contributed by atoms with Crippen molar-refractivity contribution in [2.45, 2.75) is 0 Å². The fourth-order valence-electron chi connectivity index (χ4n) is 2.38. The van der Waals surface area contributed by atoms with E-state index in [0.29, 0.717) is 0 Å². The van der Waals surface area contributed by atoms with Crippen molar-refractivity contribution in [3.63, 3.8) is 0 Å². The molecule has 0 amide bonds. The van der Waals surface area contributed by atoms with Crippen molar-refractivity contribution < 1.29 is 15.0 Å². The average molecular weight is 317 g/mol. The van der Waals surface area contributed by atoms with E-state index in [1.54, 1.807) is 12.3 Å². The molecule has 0 saturated carbocycles. The second kappa shape index (κ2) is 6.79. The van der Waals surface area contributed by atoms with Gasteiger partial charge in [0.15, 0.2) is 5.78 Å². The van der Waals surface area contributed by atoms with E-state index in [2.05, 4.69) is 4.98 Å². The first-order valence-corrected chi connectivity index (χ1v) is 7.40. The Morgan fingerprint density at radius 3 is 2.50 bits per heavy atom. The number of benzene rings is 2. The lowest BCUT2D eigenvalue weighted by molar-refractivity contribution is 0.104. The van der Waals surface area contributed by atoms with Crippen LogP contribution in [0.3, 0.4) is 0 Å². The first-order chi connectivity index (χ1) is 11.6. The molecule has 3 aromatic rings. The lowest BCUT2D eigenvalue weighted by atomic mass is 10.0. The zero-order chi connectivity index (χ0) is 16.9. The summed E-state index contributed by atoms with van der Waals surface area (Å²) in [7, 11) is 0. The number of phenolic OH excluding ortho intramolecular Hbond substituents is 2. The molecule has 4 nitrogen and oxygen atoms in total. The number of carbonyl (C=O) groups excluding carboxylic acids is 1. The van der Waals surface area contributed by atoms with Crippen LogP contribution in [0.15, 0.2) is 72.9 Å². The van der Waals surface area contributed by atoms with E-state index >= 15 is 0 Å². The summed E-state index contributed by atoms with van der Waals surface area (Å²) in [5, 5.41) is 19.1. The van der Waals surface area contributed by atoms with Gasteiger partial charge in [-0.05, 0) is 35.9 Å². The summed E-state index contributed by atoms with van der Waals surface area (Å²) in [6.45, 7) is 0. The summed E-state index contributed by atoms with van der Waals surface area (Å²) in [5.74, 6) is -0.681. The van der Waals surface area contributed by atoms with Crippen LogP contribution in [0.2, 0.25) is 0 Å². The van der Waals surface area contributed by atoms with Crippen LogP contribution in [0.4, 0.5) is 0 Å². The summed E-state index contributed by atoms with van der Waals surface area (Å²) >= 11 is 0. The van der Waals surface area contributed by atoms with Gasteiger partial charge in [-0.3, -0.25) is 9.78 Å². The Morgan fingerprint density at radius 1 is 0.958 bits per heavy atom. The van der Waals surface area contributed by atoms with Crippen molar-refractivity contribution in [2.24, 2.45) is 0 Å². The van der Waals surface area contributed by atoms with Gasteiger partial charge in [0.1, 0.15) is 11.5 Å². The Kier molecular flexibility index (Phi) is 4.38. The third kappa shape index (κ3) is 3.33. The highest BCUT2D eigenvalue weighted by Crippen LogP contribution is 2.25. The zero-order valence-electron chi connectivity index (χ0n) is 12.8. The van der Waals surface area contributed by atoms with Crippen LogP contribution in [0.25, 0.3) is 17.3 Å². The number of rotatable bonds is 4. The molecule has 1 heterocycles. The first-order valence-electron chi connectivity index (χ1n) is 7.40. The minimum atomic E-state index is -0.344. The van der Waals surface area contributed by atoms with Crippen molar-refractivity contribution in [1.82, 2.24) is 4.98 Å². The number of hydrogen-bond acceptors (Lipinski definition) is 4. The van der Waals surface area contributed by atoms with Crippen molar-refractivity contribution >= 4 is 11.9 Å². The molecule has 0 aliphatic rings. The highest BCUT2D eigenvalue weighted by Gasteiger charge is 2.09. The highest BCUT2D eigenvalue weighted by atomic mass is 16.3. The minimum Gasteiger partial charge on any atom is -0.508 e. The molecule has 3 rings (SSSR count). The molecule has 0 unspecified atom stereocenters. The molecule has 0 aliphatic heterocycles. The number of allylic oxidation sites excluding steroid dienone is 1. The Balaban J connectivity index is 1.91. The number of carbonyl (C=O) groups is 1. The predicted octanol–water partition coefficient (Wildman–Crippen LogP) is 4.06. The number of phenols is 2. The summed E-state index contributed by atoms with van der Waals surface area (Å²) in [5.41, 5.74) is 2.72. The van der Waals surface area contributed by atoms with Gasteiger partial charge in [-0.2, -0.15) is 0 Å². The first kappa shape index (κ1) is 15.5. The number of pyridine rings is 1. The molecule has 4 heteroatoms. The molecule has 118 valence electrons. The second-order valence-corrected chi connectivity index (χ2v) is 5.20. The molecule has 0 spiro atoms. The molecule has 0 radical (unpaired) electrons. The Labute approximate surface area is 139 Å². The van der Waals surface area contributed by atoms with Gasteiger partial charge >= 0.3 is 0 Å². The summed E-state index contributed by atoms with van der Waals surface area (Å²) in [6, 6.07) is 17.2. The Morgan fingerprint density at radius 2 is 1.75 bits per heavy atom. The smallest absolute Gasteiger partial charge is 0.189 e. The van der Waals surface area contributed by atoms with Gasteiger partial charge in [-0.15, -0.1) is 0 Å². The van der Waals surface area contributed by atoms with E-state index in [1.807, 2.05) is 42.5 Å².